The standard InChI is InChI=1S/C23H26N4O3S2/c1-5-26(6-2)9-10-27(22(28)15-7-8-16-20(11-15)31-14-24-16)23-25-17-12-18(29-3)19(30-4)13-21(17)32-23/h7-8,11-14H,5-6,9-10H2,1-4H3. The van der Waals surface area contributed by atoms with Gasteiger partial charge in [0.15, 0.2) is 16.6 Å². The highest BCUT2D eigenvalue weighted by Gasteiger charge is 2.23. The van der Waals surface area contributed by atoms with Crippen LogP contribution in [0, 0.1) is 0 Å². The third-order valence-electron chi connectivity index (χ3n) is 5.47. The minimum absolute atomic E-state index is 0.0644. The molecule has 0 unspecified atom stereocenters. The number of likely N-dealkylation sites (N-methyl/N-ethyl adjacent to an activating group) is 1. The van der Waals surface area contributed by atoms with Crippen LogP contribution in [0.4, 0.5) is 5.13 Å². The zero-order chi connectivity index (χ0) is 22.7. The van der Waals surface area contributed by atoms with Crippen molar-refractivity contribution in [2.45, 2.75) is 13.8 Å². The Kier molecular flexibility index (Phi) is 6.88. The van der Waals surface area contributed by atoms with Gasteiger partial charge in [0.1, 0.15) is 0 Å². The molecule has 2 aromatic carbocycles. The molecule has 32 heavy (non-hydrogen) atoms. The van der Waals surface area contributed by atoms with E-state index >= 15 is 0 Å². The molecular weight excluding hydrogens is 444 g/mol. The Morgan fingerprint density at radius 1 is 0.969 bits per heavy atom. The maximum absolute atomic E-state index is 13.6. The first-order valence-corrected chi connectivity index (χ1v) is 12.2. The lowest BCUT2D eigenvalue weighted by Gasteiger charge is -2.24. The maximum atomic E-state index is 13.6. The summed E-state index contributed by atoms with van der Waals surface area (Å²) in [7, 11) is 3.22. The molecule has 0 bridgehead atoms. The van der Waals surface area contributed by atoms with E-state index in [1.807, 2.05) is 30.3 Å². The van der Waals surface area contributed by atoms with Crippen molar-refractivity contribution in [3.8, 4) is 11.5 Å². The summed E-state index contributed by atoms with van der Waals surface area (Å²) in [6.07, 6.45) is 0. The van der Waals surface area contributed by atoms with Crippen LogP contribution in [-0.4, -0.2) is 61.2 Å². The number of carbonyl (C=O) groups is 1. The summed E-state index contributed by atoms with van der Waals surface area (Å²) in [6, 6.07) is 9.42. The van der Waals surface area contributed by atoms with Gasteiger partial charge in [-0.2, -0.15) is 0 Å². The van der Waals surface area contributed by atoms with Gasteiger partial charge in [-0.05, 0) is 31.3 Å². The van der Waals surface area contributed by atoms with Crippen molar-refractivity contribution in [1.82, 2.24) is 14.9 Å². The number of benzene rings is 2. The normalized spacial score (nSPS) is 11.4. The lowest BCUT2D eigenvalue weighted by atomic mass is 10.2. The number of amides is 1. The zero-order valence-corrected chi connectivity index (χ0v) is 20.3. The molecule has 2 aromatic heterocycles. The van der Waals surface area contributed by atoms with Crippen molar-refractivity contribution in [3.05, 3.63) is 41.4 Å². The number of hydrogen-bond donors (Lipinski definition) is 0. The Labute approximate surface area is 195 Å². The molecule has 0 aliphatic heterocycles. The highest BCUT2D eigenvalue weighted by Crippen LogP contribution is 2.37. The van der Waals surface area contributed by atoms with Crippen LogP contribution in [0.25, 0.3) is 20.4 Å². The van der Waals surface area contributed by atoms with Crippen LogP contribution in [0.1, 0.15) is 24.2 Å². The third kappa shape index (κ3) is 4.41. The van der Waals surface area contributed by atoms with E-state index in [0.29, 0.717) is 28.7 Å². The molecular formula is C23H26N4O3S2. The zero-order valence-electron chi connectivity index (χ0n) is 18.6. The molecule has 0 N–H and O–H groups in total. The number of rotatable bonds is 9. The Bertz CT molecular complexity index is 1190. The van der Waals surface area contributed by atoms with E-state index in [2.05, 4.69) is 23.7 Å². The molecule has 0 fully saturated rings. The number of ether oxygens (including phenoxy) is 2. The van der Waals surface area contributed by atoms with E-state index in [4.69, 9.17) is 14.5 Å². The smallest absolute Gasteiger partial charge is 0.260 e. The van der Waals surface area contributed by atoms with Crippen LogP contribution in [-0.2, 0) is 0 Å². The van der Waals surface area contributed by atoms with E-state index in [0.717, 1.165) is 40.1 Å². The second kappa shape index (κ2) is 9.81. The lowest BCUT2D eigenvalue weighted by Crippen LogP contribution is -2.38. The first kappa shape index (κ1) is 22.4. The monoisotopic (exact) mass is 470 g/mol. The number of aromatic nitrogens is 2. The fourth-order valence-electron chi connectivity index (χ4n) is 3.57. The number of methoxy groups -OCH3 is 2. The highest BCUT2D eigenvalue weighted by molar-refractivity contribution is 7.22. The molecule has 4 aromatic rings. The first-order valence-electron chi connectivity index (χ1n) is 10.5. The number of anilines is 1. The van der Waals surface area contributed by atoms with Crippen LogP contribution in [0.15, 0.2) is 35.8 Å². The van der Waals surface area contributed by atoms with E-state index in [1.54, 1.807) is 24.6 Å². The molecule has 0 saturated carbocycles. The van der Waals surface area contributed by atoms with Gasteiger partial charge in [-0.15, -0.1) is 11.3 Å². The number of carbonyl (C=O) groups excluding carboxylic acids is 1. The second-order valence-corrected chi connectivity index (χ2v) is 9.09. The van der Waals surface area contributed by atoms with Gasteiger partial charge < -0.3 is 14.4 Å². The van der Waals surface area contributed by atoms with Gasteiger partial charge >= 0.3 is 0 Å². The summed E-state index contributed by atoms with van der Waals surface area (Å²) in [4.78, 5) is 26.8. The Morgan fingerprint density at radius 3 is 2.44 bits per heavy atom. The molecule has 168 valence electrons. The molecule has 9 heteroatoms. The van der Waals surface area contributed by atoms with E-state index in [-0.39, 0.29) is 5.91 Å². The lowest BCUT2D eigenvalue weighted by molar-refractivity contribution is 0.0984. The van der Waals surface area contributed by atoms with Crippen molar-refractivity contribution in [2.24, 2.45) is 0 Å². The van der Waals surface area contributed by atoms with Crippen LogP contribution in [0.5, 0.6) is 11.5 Å². The third-order valence-corrected chi connectivity index (χ3v) is 7.30. The fraction of sp³-hybridized carbons (Fsp3) is 0.348. The Balaban J connectivity index is 1.73. The second-order valence-electron chi connectivity index (χ2n) is 7.19. The molecule has 7 nitrogen and oxygen atoms in total. The minimum Gasteiger partial charge on any atom is -0.493 e. The summed E-state index contributed by atoms with van der Waals surface area (Å²) >= 11 is 3.01. The minimum atomic E-state index is -0.0644. The number of thiazole rings is 2. The largest absolute Gasteiger partial charge is 0.493 e. The molecule has 0 aliphatic carbocycles. The van der Waals surface area contributed by atoms with E-state index < -0.39 is 0 Å². The molecule has 0 aliphatic rings. The molecule has 0 atom stereocenters. The molecule has 0 saturated heterocycles. The van der Waals surface area contributed by atoms with Crippen molar-refractivity contribution < 1.29 is 14.3 Å². The average molecular weight is 471 g/mol. The summed E-state index contributed by atoms with van der Waals surface area (Å²) in [5.74, 6) is 1.20. The fourth-order valence-corrected chi connectivity index (χ4v) is 5.28. The molecule has 4 rings (SSSR count). The van der Waals surface area contributed by atoms with Gasteiger partial charge in [0, 0.05) is 30.8 Å². The van der Waals surface area contributed by atoms with Crippen LogP contribution < -0.4 is 14.4 Å². The maximum Gasteiger partial charge on any atom is 0.260 e. The van der Waals surface area contributed by atoms with Gasteiger partial charge in [0.25, 0.3) is 5.91 Å². The number of fused-ring (bicyclic) bond motifs is 2. The van der Waals surface area contributed by atoms with Gasteiger partial charge in [0.05, 0.1) is 40.2 Å². The molecule has 2 heterocycles. The Morgan fingerprint density at radius 2 is 1.72 bits per heavy atom. The summed E-state index contributed by atoms with van der Waals surface area (Å²) in [5.41, 5.74) is 4.11. The van der Waals surface area contributed by atoms with Gasteiger partial charge in [-0.25, -0.2) is 9.97 Å². The summed E-state index contributed by atoms with van der Waals surface area (Å²) < 4.78 is 12.8. The molecule has 0 spiro atoms. The van der Waals surface area contributed by atoms with Crippen molar-refractivity contribution in [2.75, 3.05) is 45.3 Å². The van der Waals surface area contributed by atoms with E-state index in [9.17, 15) is 4.79 Å². The first-order chi connectivity index (χ1) is 15.6. The van der Waals surface area contributed by atoms with Crippen LogP contribution in [0.2, 0.25) is 0 Å². The molecule has 0 radical (unpaired) electrons. The Hall–Kier alpha value is -2.75. The van der Waals surface area contributed by atoms with Crippen LogP contribution >= 0.6 is 22.7 Å². The quantitative estimate of drug-likeness (QED) is 0.346. The number of nitrogens with zero attached hydrogens (tertiary/aromatic N) is 4. The topological polar surface area (TPSA) is 67.8 Å². The summed E-state index contributed by atoms with van der Waals surface area (Å²) in [5, 5.41) is 0.664. The highest BCUT2D eigenvalue weighted by atomic mass is 32.1. The number of hydrogen-bond acceptors (Lipinski definition) is 8. The van der Waals surface area contributed by atoms with Crippen molar-refractivity contribution >= 4 is 54.1 Å². The average Bonchev–Trinajstić information content (AvgIpc) is 3.46. The predicted molar refractivity (Wildman–Crippen MR) is 132 cm³/mol. The van der Waals surface area contributed by atoms with Gasteiger partial charge in [-0.3, -0.25) is 9.69 Å². The molecule has 1 amide bonds. The predicted octanol–water partition coefficient (Wildman–Crippen LogP) is 4.91. The van der Waals surface area contributed by atoms with Crippen molar-refractivity contribution in [3.63, 3.8) is 0 Å². The van der Waals surface area contributed by atoms with Gasteiger partial charge in [0.2, 0.25) is 0 Å². The van der Waals surface area contributed by atoms with Crippen LogP contribution in [0.3, 0.4) is 0 Å². The summed E-state index contributed by atoms with van der Waals surface area (Å²) in [6.45, 7) is 7.44. The SMILES string of the molecule is CCN(CC)CCN(C(=O)c1ccc2ncsc2c1)c1nc2cc(OC)c(OC)cc2s1. The van der Waals surface area contributed by atoms with Gasteiger partial charge in [-0.1, -0.05) is 25.2 Å². The van der Waals surface area contributed by atoms with Crippen molar-refractivity contribution in [1.29, 1.82) is 0 Å². The van der Waals surface area contributed by atoms with E-state index in [1.165, 1.54) is 22.7 Å².